The number of nitrogens with two attached hydrogens (primary N) is 1. The van der Waals surface area contributed by atoms with Crippen LogP contribution in [0.4, 0.5) is 15.8 Å². The van der Waals surface area contributed by atoms with Crippen LogP contribution in [0, 0.1) is 17.1 Å². The smallest absolute Gasteiger partial charge is 0.147 e. The third-order valence-corrected chi connectivity index (χ3v) is 3.21. The van der Waals surface area contributed by atoms with Crippen molar-refractivity contribution >= 4 is 11.4 Å². The predicted molar refractivity (Wildman–Crippen MR) is 78.2 cm³/mol. The number of benzene rings is 2. The molecule has 2 aromatic carbocycles. The third-order valence-electron chi connectivity index (χ3n) is 3.21. The highest BCUT2D eigenvalue weighted by Gasteiger charge is 2.16. The van der Waals surface area contributed by atoms with E-state index in [1.165, 1.54) is 6.07 Å². The van der Waals surface area contributed by atoms with Gasteiger partial charge in [-0.15, -0.1) is 0 Å². The molecule has 0 heterocycles. The summed E-state index contributed by atoms with van der Waals surface area (Å²) in [6.45, 7) is 1.82. The van der Waals surface area contributed by atoms with E-state index in [0.717, 1.165) is 11.3 Å². The van der Waals surface area contributed by atoms with Crippen molar-refractivity contribution in [1.82, 2.24) is 0 Å². The molecule has 20 heavy (non-hydrogen) atoms. The van der Waals surface area contributed by atoms with Crippen molar-refractivity contribution in [2.75, 3.05) is 11.9 Å². The summed E-state index contributed by atoms with van der Waals surface area (Å²) in [5.41, 5.74) is 8.36. The predicted octanol–water partition coefficient (Wildman–Crippen LogP) is 3.48. The van der Waals surface area contributed by atoms with Gasteiger partial charge >= 0.3 is 0 Å². The summed E-state index contributed by atoms with van der Waals surface area (Å²) < 4.78 is 14.2. The molecule has 0 bridgehead atoms. The standard InChI is InChI=1S/C16H16FN3/c1-11(19)14-7-4-8-15(17)16(14)20(2)13-6-3-5-12(9-13)10-18/h3-9,11H,19H2,1-2H3. The molecular formula is C16H16FN3. The van der Waals surface area contributed by atoms with Crippen molar-refractivity contribution in [1.29, 1.82) is 5.26 Å². The lowest BCUT2D eigenvalue weighted by molar-refractivity contribution is 0.622. The first kappa shape index (κ1) is 14.0. The zero-order chi connectivity index (χ0) is 14.7. The second kappa shape index (κ2) is 5.72. The second-order valence-corrected chi connectivity index (χ2v) is 4.69. The van der Waals surface area contributed by atoms with Crippen molar-refractivity contribution in [2.45, 2.75) is 13.0 Å². The Morgan fingerprint density at radius 3 is 2.60 bits per heavy atom. The highest BCUT2D eigenvalue weighted by Crippen LogP contribution is 2.32. The summed E-state index contributed by atoms with van der Waals surface area (Å²) in [5, 5.41) is 8.95. The second-order valence-electron chi connectivity index (χ2n) is 4.69. The van der Waals surface area contributed by atoms with Crippen molar-refractivity contribution < 1.29 is 4.39 Å². The summed E-state index contributed by atoms with van der Waals surface area (Å²) in [4.78, 5) is 1.72. The zero-order valence-electron chi connectivity index (χ0n) is 11.5. The van der Waals surface area contributed by atoms with Gasteiger partial charge in [-0.2, -0.15) is 5.26 Å². The normalized spacial score (nSPS) is 11.8. The fourth-order valence-electron chi connectivity index (χ4n) is 2.17. The maximum atomic E-state index is 14.2. The number of anilines is 2. The molecular weight excluding hydrogens is 253 g/mol. The van der Waals surface area contributed by atoms with E-state index in [-0.39, 0.29) is 11.9 Å². The quantitative estimate of drug-likeness (QED) is 0.928. The molecule has 3 nitrogen and oxygen atoms in total. The SMILES string of the molecule is CC(N)c1cccc(F)c1N(C)c1cccc(C#N)c1. The Kier molecular flexibility index (Phi) is 4.02. The lowest BCUT2D eigenvalue weighted by atomic mass is 10.0. The van der Waals surface area contributed by atoms with Crippen LogP contribution in [0.2, 0.25) is 0 Å². The first-order valence-electron chi connectivity index (χ1n) is 6.32. The van der Waals surface area contributed by atoms with Gasteiger partial charge < -0.3 is 10.6 Å². The van der Waals surface area contributed by atoms with Gasteiger partial charge in [0.1, 0.15) is 5.82 Å². The van der Waals surface area contributed by atoms with E-state index in [9.17, 15) is 4.39 Å². The molecule has 0 saturated carbocycles. The molecule has 1 atom stereocenters. The van der Waals surface area contributed by atoms with Crippen LogP contribution in [0.3, 0.4) is 0 Å². The molecule has 0 aliphatic heterocycles. The number of hydrogen-bond donors (Lipinski definition) is 1. The maximum Gasteiger partial charge on any atom is 0.147 e. The lowest BCUT2D eigenvalue weighted by Gasteiger charge is -2.24. The number of nitrogens with zero attached hydrogens (tertiary/aromatic N) is 2. The minimum absolute atomic E-state index is 0.276. The number of hydrogen-bond acceptors (Lipinski definition) is 3. The topological polar surface area (TPSA) is 53.0 Å². The largest absolute Gasteiger partial charge is 0.342 e. The molecule has 0 aliphatic rings. The van der Waals surface area contributed by atoms with Gasteiger partial charge in [-0.1, -0.05) is 18.2 Å². The fourth-order valence-corrected chi connectivity index (χ4v) is 2.17. The average molecular weight is 269 g/mol. The molecule has 102 valence electrons. The summed E-state index contributed by atoms with van der Waals surface area (Å²) >= 11 is 0. The highest BCUT2D eigenvalue weighted by molar-refractivity contribution is 5.68. The number of rotatable bonds is 3. The van der Waals surface area contributed by atoms with Gasteiger partial charge in [-0.05, 0) is 36.8 Å². The van der Waals surface area contributed by atoms with E-state index >= 15 is 0 Å². The first-order chi connectivity index (χ1) is 9.54. The average Bonchev–Trinajstić information content (AvgIpc) is 2.46. The molecule has 0 aromatic heterocycles. The van der Waals surface area contributed by atoms with Crippen LogP contribution in [0.1, 0.15) is 24.1 Å². The Morgan fingerprint density at radius 2 is 1.95 bits per heavy atom. The van der Waals surface area contributed by atoms with E-state index in [2.05, 4.69) is 6.07 Å². The molecule has 0 fully saturated rings. The number of nitriles is 1. The summed E-state index contributed by atoms with van der Waals surface area (Å²) in [6, 6.07) is 13.7. The molecule has 0 amide bonds. The molecule has 0 radical (unpaired) electrons. The first-order valence-corrected chi connectivity index (χ1v) is 6.32. The van der Waals surface area contributed by atoms with Gasteiger partial charge in [0, 0.05) is 18.8 Å². The van der Waals surface area contributed by atoms with Crippen LogP contribution < -0.4 is 10.6 Å². The Morgan fingerprint density at radius 1 is 1.25 bits per heavy atom. The number of halogens is 1. The van der Waals surface area contributed by atoms with Crippen molar-refractivity contribution in [3.63, 3.8) is 0 Å². The van der Waals surface area contributed by atoms with Gasteiger partial charge in [0.25, 0.3) is 0 Å². The van der Waals surface area contributed by atoms with E-state index in [1.54, 1.807) is 36.2 Å². The molecule has 2 aromatic rings. The summed E-state index contributed by atoms with van der Waals surface area (Å²) in [7, 11) is 1.76. The third kappa shape index (κ3) is 2.63. The minimum atomic E-state index is -0.329. The summed E-state index contributed by atoms with van der Waals surface area (Å²) in [5.74, 6) is -0.329. The van der Waals surface area contributed by atoms with E-state index in [4.69, 9.17) is 11.0 Å². The van der Waals surface area contributed by atoms with Crippen LogP contribution in [-0.2, 0) is 0 Å². The van der Waals surface area contributed by atoms with Crippen LogP contribution >= 0.6 is 0 Å². The molecule has 0 aliphatic carbocycles. The van der Waals surface area contributed by atoms with Crippen molar-refractivity contribution in [2.24, 2.45) is 5.73 Å². The monoisotopic (exact) mass is 269 g/mol. The molecule has 2 rings (SSSR count). The minimum Gasteiger partial charge on any atom is -0.342 e. The Hall–Kier alpha value is -2.38. The van der Waals surface area contributed by atoms with E-state index < -0.39 is 0 Å². The van der Waals surface area contributed by atoms with Crippen LogP contribution in [0.15, 0.2) is 42.5 Å². The van der Waals surface area contributed by atoms with Gasteiger partial charge in [-0.25, -0.2) is 4.39 Å². The number of para-hydroxylation sites is 1. The molecule has 0 saturated heterocycles. The summed E-state index contributed by atoms with van der Waals surface area (Å²) in [6.07, 6.45) is 0. The fraction of sp³-hybridized carbons (Fsp3) is 0.188. The molecule has 4 heteroatoms. The molecule has 1 unspecified atom stereocenters. The zero-order valence-corrected chi connectivity index (χ0v) is 11.5. The van der Waals surface area contributed by atoms with E-state index in [0.29, 0.717) is 11.3 Å². The van der Waals surface area contributed by atoms with Gasteiger partial charge in [-0.3, -0.25) is 0 Å². The lowest BCUT2D eigenvalue weighted by Crippen LogP contribution is -2.17. The van der Waals surface area contributed by atoms with Crippen LogP contribution in [0.25, 0.3) is 0 Å². The molecule has 2 N–H and O–H groups in total. The Balaban J connectivity index is 2.53. The van der Waals surface area contributed by atoms with Crippen LogP contribution in [0.5, 0.6) is 0 Å². The maximum absolute atomic E-state index is 14.2. The molecule has 0 spiro atoms. The Labute approximate surface area is 118 Å². The van der Waals surface area contributed by atoms with Gasteiger partial charge in [0.2, 0.25) is 0 Å². The Bertz CT molecular complexity index is 659. The van der Waals surface area contributed by atoms with Crippen molar-refractivity contribution in [3.05, 3.63) is 59.4 Å². The van der Waals surface area contributed by atoms with Gasteiger partial charge in [0.05, 0.1) is 17.3 Å². The van der Waals surface area contributed by atoms with Gasteiger partial charge in [0.15, 0.2) is 0 Å². The van der Waals surface area contributed by atoms with Crippen molar-refractivity contribution in [3.8, 4) is 6.07 Å². The van der Waals surface area contributed by atoms with Crippen LogP contribution in [-0.4, -0.2) is 7.05 Å². The highest BCUT2D eigenvalue weighted by atomic mass is 19.1. The van der Waals surface area contributed by atoms with E-state index in [1.807, 2.05) is 19.1 Å².